The zero-order chi connectivity index (χ0) is 27.3. The summed E-state index contributed by atoms with van der Waals surface area (Å²) in [6.07, 6.45) is 4.29. The average Bonchev–Trinajstić information content (AvgIpc) is 3.67. The molecule has 0 bridgehead atoms. The van der Waals surface area contributed by atoms with E-state index in [4.69, 9.17) is 10.5 Å². The van der Waals surface area contributed by atoms with Crippen LogP contribution in [0.3, 0.4) is 0 Å². The highest BCUT2D eigenvalue weighted by Crippen LogP contribution is 2.46. The van der Waals surface area contributed by atoms with Crippen molar-refractivity contribution < 1.29 is 19.1 Å². The number of H-pyrrole nitrogens is 1. The van der Waals surface area contributed by atoms with E-state index in [0.29, 0.717) is 60.4 Å². The molecule has 1 atom stereocenters. The van der Waals surface area contributed by atoms with Crippen LogP contribution in [-0.4, -0.2) is 102 Å². The van der Waals surface area contributed by atoms with Gasteiger partial charge in [-0.05, 0) is 52.3 Å². The predicted octanol–water partition coefficient (Wildman–Crippen LogP) is 2.19. The normalized spacial score (nSPS) is 25.2. The van der Waals surface area contributed by atoms with E-state index in [1.165, 1.54) is 5.01 Å². The quantitative estimate of drug-likeness (QED) is 0.513. The van der Waals surface area contributed by atoms with E-state index in [2.05, 4.69) is 29.2 Å². The zero-order valence-corrected chi connectivity index (χ0v) is 22.7. The van der Waals surface area contributed by atoms with Gasteiger partial charge in [0.05, 0.1) is 35.7 Å². The molecule has 6 rings (SSSR count). The van der Waals surface area contributed by atoms with Crippen molar-refractivity contribution >= 4 is 23.4 Å². The van der Waals surface area contributed by atoms with Crippen LogP contribution >= 0.6 is 0 Å². The molecule has 2 aliphatic carbocycles. The van der Waals surface area contributed by atoms with Crippen molar-refractivity contribution in [3.63, 3.8) is 0 Å². The van der Waals surface area contributed by atoms with Gasteiger partial charge in [0.2, 0.25) is 5.91 Å². The third-order valence-corrected chi connectivity index (χ3v) is 8.94. The summed E-state index contributed by atoms with van der Waals surface area (Å²) in [5, 5.41) is 11.0. The lowest BCUT2D eigenvalue weighted by atomic mass is 9.79. The number of carbonyl (C=O) groups is 3. The number of rotatable bonds is 5. The Hall–Kier alpha value is -3.28. The number of fused-ring (bicyclic) bond motifs is 3. The van der Waals surface area contributed by atoms with Gasteiger partial charge in [-0.3, -0.25) is 14.7 Å². The van der Waals surface area contributed by atoms with Crippen LogP contribution in [0.1, 0.15) is 59.6 Å². The second-order valence-corrected chi connectivity index (χ2v) is 11.3. The van der Waals surface area contributed by atoms with Gasteiger partial charge in [-0.2, -0.15) is 5.10 Å². The van der Waals surface area contributed by atoms with E-state index in [-0.39, 0.29) is 23.5 Å². The summed E-state index contributed by atoms with van der Waals surface area (Å²) in [4.78, 5) is 43.9. The van der Waals surface area contributed by atoms with Gasteiger partial charge in [-0.15, -0.1) is 0 Å². The highest BCUT2D eigenvalue weighted by Gasteiger charge is 2.41. The van der Waals surface area contributed by atoms with Crippen LogP contribution in [0.4, 0.5) is 10.5 Å². The Kier molecular flexibility index (Phi) is 6.90. The molecular weight excluding hydrogens is 498 g/mol. The minimum atomic E-state index is -0.637. The van der Waals surface area contributed by atoms with Gasteiger partial charge in [0.25, 0.3) is 0 Å². The van der Waals surface area contributed by atoms with E-state index in [1.807, 2.05) is 22.0 Å². The minimum absolute atomic E-state index is 0.0373. The molecule has 0 radical (unpaired) electrons. The molecule has 0 spiro atoms. The van der Waals surface area contributed by atoms with E-state index < -0.39 is 6.03 Å². The number of primary amides is 1. The fourth-order valence-electron chi connectivity index (χ4n) is 6.77. The molecule has 1 saturated carbocycles. The molecule has 208 valence electrons. The fraction of sp³-hybridized carbons (Fsp3) is 0.571. The number of nitrogens with zero attached hydrogens (tertiary/aromatic N) is 5. The number of carbonyl (C=O) groups excluding carboxylic acids is 3. The molecule has 11 heteroatoms. The highest BCUT2D eigenvalue weighted by atomic mass is 16.5. The predicted molar refractivity (Wildman–Crippen MR) is 145 cm³/mol. The first-order valence-electron chi connectivity index (χ1n) is 14.0. The van der Waals surface area contributed by atoms with Crippen LogP contribution in [0.25, 0.3) is 11.3 Å². The second-order valence-electron chi connectivity index (χ2n) is 11.3. The Bertz CT molecular complexity index is 1280. The Morgan fingerprint density at radius 3 is 2.46 bits per heavy atom. The van der Waals surface area contributed by atoms with Crippen molar-refractivity contribution in [1.82, 2.24) is 25.0 Å². The maximum absolute atomic E-state index is 13.9. The number of likely N-dealkylation sites (tertiary alicyclic amines) is 1. The van der Waals surface area contributed by atoms with E-state index in [9.17, 15) is 14.4 Å². The molecule has 3 heterocycles. The summed E-state index contributed by atoms with van der Waals surface area (Å²) in [6, 6.07) is 5.27. The first-order chi connectivity index (χ1) is 18.8. The van der Waals surface area contributed by atoms with E-state index in [0.717, 1.165) is 50.9 Å². The van der Waals surface area contributed by atoms with Gasteiger partial charge in [0.15, 0.2) is 5.78 Å². The number of hydrazine groups is 1. The smallest absolute Gasteiger partial charge is 0.334 e. The Balaban J connectivity index is 1.20. The minimum Gasteiger partial charge on any atom is -0.379 e. The second kappa shape index (κ2) is 10.4. The number of nitrogens with one attached hydrogen (secondary N) is 1. The first kappa shape index (κ1) is 26.0. The largest absolute Gasteiger partial charge is 0.379 e. The maximum Gasteiger partial charge on any atom is 0.334 e. The maximum atomic E-state index is 13.9. The number of benzene rings is 1. The number of ketones is 1. The van der Waals surface area contributed by atoms with Gasteiger partial charge in [0, 0.05) is 49.6 Å². The van der Waals surface area contributed by atoms with Crippen LogP contribution < -0.4 is 10.7 Å². The number of aromatic amines is 1. The fourth-order valence-corrected chi connectivity index (χ4v) is 6.77. The van der Waals surface area contributed by atoms with Crippen molar-refractivity contribution in [2.24, 2.45) is 11.7 Å². The summed E-state index contributed by atoms with van der Waals surface area (Å²) in [5.74, 6) is 0.307. The molecule has 1 aromatic heterocycles. The van der Waals surface area contributed by atoms with Crippen LogP contribution in [0, 0.1) is 5.92 Å². The summed E-state index contributed by atoms with van der Waals surface area (Å²) in [7, 11) is 4.15. The number of amides is 3. The van der Waals surface area contributed by atoms with Gasteiger partial charge in [-0.1, -0.05) is 12.1 Å². The lowest BCUT2D eigenvalue weighted by Gasteiger charge is -2.36. The molecule has 2 aromatic rings. The van der Waals surface area contributed by atoms with E-state index >= 15 is 0 Å². The molecule has 39 heavy (non-hydrogen) atoms. The average molecular weight is 536 g/mol. The number of hydrogen-bond donors (Lipinski definition) is 2. The zero-order valence-electron chi connectivity index (χ0n) is 22.7. The summed E-state index contributed by atoms with van der Waals surface area (Å²) in [6.45, 7) is 3.62. The number of nitrogens with two attached hydrogens (primary N) is 1. The molecule has 2 saturated heterocycles. The number of aromatic nitrogens is 2. The molecule has 11 nitrogen and oxygen atoms in total. The number of urea groups is 1. The summed E-state index contributed by atoms with van der Waals surface area (Å²) < 4.78 is 5.44. The van der Waals surface area contributed by atoms with Crippen molar-refractivity contribution in [1.29, 1.82) is 0 Å². The summed E-state index contributed by atoms with van der Waals surface area (Å²) in [5.41, 5.74) is 9.52. The van der Waals surface area contributed by atoms with Gasteiger partial charge >= 0.3 is 6.03 Å². The van der Waals surface area contributed by atoms with Gasteiger partial charge in [-0.25, -0.2) is 14.8 Å². The van der Waals surface area contributed by atoms with Crippen LogP contribution in [0.15, 0.2) is 18.2 Å². The third-order valence-electron chi connectivity index (χ3n) is 8.94. The number of likely N-dealkylation sites (N-methyl/N-ethyl adjacent to an activating group) is 1. The number of hydrogen-bond acceptors (Lipinski definition) is 7. The van der Waals surface area contributed by atoms with Crippen molar-refractivity contribution in [3.05, 3.63) is 35.0 Å². The van der Waals surface area contributed by atoms with E-state index in [1.54, 1.807) is 6.07 Å². The van der Waals surface area contributed by atoms with Gasteiger partial charge < -0.3 is 20.3 Å². The molecule has 3 N–H and O–H groups in total. The standard InChI is InChI=1S/C28H37N7O4/c1-32(2)19-10-11-33(16-19)27(37)18-8-6-17(7-9-18)24-23-25(31-30-24)20-4-3-5-21(22(20)26(23)36)35(28(29)38)34-12-14-39-15-13-34/h3-5,17-19H,6-16H2,1-2H3,(H2,29,38)(H,30,31)/t17-,18-,19?. The molecule has 3 fully saturated rings. The van der Waals surface area contributed by atoms with Crippen molar-refractivity contribution in [3.8, 4) is 11.3 Å². The number of morpholine rings is 1. The number of ether oxygens (including phenoxy) is 1. The monoisotopic (exact) mass is 535 g/mol. The molecule has 2 aliphatic heterocycles. The van der Waals surface area contributed by atoms with Crippen molar-refractivity contribution in [2.45, 2.75) is 44.1 Å². The Morgan fingerprint density at radius 1 is 1.05 bits per heavy atom. The Labute approximate surface area is 228 Å². The van der Waals surface area contributed by atoms with Crippen LogP contribution in [0.2, 0.25) is 0 Å². The molecule has 4 aliphatic rings. The van der Waals surface area contributed by atoms with Crippen LogP contribution in [0.5, 0.6) is 0 Å². The van der Waals surface area contributed by atoms with Crippen LogP contribution in [-0.2, 0) is 9.53 Å². The Morgan fingerprint density at radius 2 is 1.79 bits per heavy atom. The lowest BCUT2D eigenvalue weighted by molar-refractivity contribution is -0.135. The third kappa shape index (κ3) is 4.52. The molecule has 3 amide bonds. The number of anilines is 1. The molecule has 1 unspecified atom stereocenters. The van der Waals surface area contributed by atoms with Crippen molar-refractivity contribution in [2.75, 3.05) is 58.5 Å². The highest BCUT2D eigenvalue weighted by molar-refractivity contribution is 6.25. The molecular formula is C28H37N7O4. The molecule has 1 aromatic carbocycles. The van der Waals surface area contributed by atoms with Gasteiger partial charge in [0.1, 0.15) is 5.69 Å². The lowest BCUT2D eigenvalue weighted by Crippen LogP contribution is -2.54. The SMILES string of the molecule is CN(C)C1CCN(C(=O)[C@H]2CC[C@H](c3[nH]nc4c3C(=O)c3c-4cccc3N(C(N)=O)N3CCOCC3)CC2)C1. The topological polar surface area (TPSA) is 128 Å². The summed E-state index contributed by atoms with van der Waals surface area (Å²) >= 11 is 0. The first-order valence-corrected chi connectivity index (χ1v) is 14.0.